The number of carbonyl (C=O) groups is 1. The van der Waals surface area contributed by atoms with E-state index in [9.17, 15) is 4.79 Å². The molecule has 3 fully saturated rings. The highest BCUT2D eigenvalue weighted by Crippen LogP contribution is 2.43. The van der Waals surface area contributed by atoms with Crippen molar-refractivity contribution in [1.29, 1.82) is 0 Å². The molecule has 0 radical (unpaired) electrons. The molecule has 3 saturated heterocycles. The number of carbonyl (C=O) groups excluding carboxylic acids is 1. The first-order valence-electron chi connectivity index (χ1n) is 11.0. The van der Waals surface area contributed by atoms with Gasteiger partial charge in [-0.25, -0.2) is 4.79 Å². The molecule has 1 aromatic heterocycles. The second kappa shape index (κ2) is 8.52. The zero-order chi connectivity index (χ0) is 21.2. The van der Waals surface area contributed by atoms with E-state index in [1.54, 1.807) is 0 Å². The molecule has 4 heterocycles. The van der Waals surface area contributed by atoms with Gasteiger partial charge in [0.05, 0.1) is 11.6 Å². The van der Waals surface area contributed by atoms with Gasteiger partial charge in [-0.3, -0.25) is 15.2 Å². The van der Waals surface area contributed by atoms with Crippen LogP contribution in [0, 0.1) is 11.8 Å². The van der Waals surface area contributed by atoms with Gasteiger partial charge in [0.2, 0.25) is 0 Å². The van der Waals surface area contributed by atoms with Gasteiger partial charge in [0, 0.05) is 29.4 Å². The molecule has 0 spiro atoms. The minimum Gasteiger partial charge on any atom is -0.439 e. The Morgan fingerprint density at radius 2 is 1.97 bits per heavy atom. The quantitative estimate of drug-likeness (QED) is 0.568. The van der Waals surface area contributed by atoms with Crippen molar-refractivity contribution in [2.24, 2.45) is 11.8 Å². The monoisotopic (exact) mass is 413 g/mol. The first-order valence-corrected chi connectivity index (χ1v) is 11.0. The molecular weight excluding hydrogens is 386 g/mol. The zero-order valence-electron chi connectivity index (χ0n) is 17.5. The Kier molecular flexibility index (Phi) is 5.43. The molecule has 5 nitrogen and oxygen atoms in total. The smallest absolute Gasteiger partial charge is 0.412 e. The Morgan fingerprint density at radius 1 is 1.16 bits per heavy atom. The molecule has 1 unspecified atom stereocenters. The second-order valence-corrected chi connectivity index (χ2v) is 8.48. The first kappa shape index (κ1) is 19.8. The standard InChI is InChI=1S/C26H27N3O2/c1-2-18-17-29-15-13-19(18)16-24(29)25(31-26(30)28-20-8-4-3-5-9-20)22-12-14-27-23-11-7-6-10-21(22)23/h2-12,14,18-19,24-25H,1,13,15-17H2,(H,28,30)/t18-,19-,24+,25+/m0/s1. The summed E-state index contributed by atoms with van der Waals surface area (Å²) in [5, 5.41) is 3.91. The van der Waals surface area contributed by atoms with Crippen LogP contribution in [0.1, 0.15) is 24.5 Å². The van der Waals surface area contributed by atoms with E-state index in [1.807, 2.05) is 60.8 Å². The number of amides is 1. The van der Waals surface area contributed by atoms with E-state index in [2.05, 4.69) is 33.9 Å². The van der Waals surface area contributed by atoms with E-state index in [0.29, 0.717) is 11.8 Å². The van der Waals surface area contributed by atoms with Gasteiger partial charge < -0.3 is 4.74 Å². The molecule has 31 heavy (non-hydrogen) atoms. The molecule has 1 amide bonds. The van der Waals surface area contributed by atoms with E-state index in [-0.39, 0.29) is 12.1 Å². The number of ether oxygens (including phenoxy) is 1. The molecule has 0 aliphatic carbocycles. The number of benzene rings is 2. The van der Waals surface area contributed by atoms with Crippen LogP contribution in [-0.4, -0.2) is 35.1 Å². The number of nitrogens with one attached hydrogen (secondary N) is 1. The molecule has 1 N–H and O–H groups in total. The number of aromatic nitrogens is 1. The minimum atomic E-state index is -0.431. The summed E-state index contributed by atoms with van der Waals surface area (Å²) < 4.78 is 6.16. The van der Waals surface area contributed by atoms with Gasteiger partial charge in [0.15, 0.2) is 0 Å². The van der Waals surface area contributed by atoms with Crippen molar-refractivity contribution in [3.8, 4) is 0 Å². The maximum atomic E-state index is 12.9. The van der Waals surface area contributed by atoms with E-state index < -0.39 is 6.09 Å². The lowest BCUT2D eigenvalue weighted by Crippen LogP contribution is -2.55. The van der Waals surface area contributed by atoms with Crippen LogP contribution in [0.5, 0.6) is 0 Å². The van der Waals surface area contributed by atoms with Crippen LogP contribution in [0.4, 0.5) is 10.5 Å². The molecule has 0 saturated carbocycles. The van der Waals surface area contributed by atoms with E-state index >= 15 is 0 Å². The Balaban J connectivity index is 1.48. The van der Waals surface area contributed by atoms with E-state index in [0.717, 1.165) is 41.7 Å². The van der Waals surface area contributed by atoms with Crippen LogP contribution in [0.2, 0.25) is 0 Å². The molecule has 2 bridgehead atoms. The summed E-state index contributed by atoms with van der Waals surface area (Å²) in [5.41, 5.74) is 2.65. The number of hydrogen-bond acceptors (Lipinski definition) is 4. The van der Waals surface area contributed by atoms with Gasteiger partial charge in [-0.1, -0.05) is 42.5 Å². The van der Waals surface area contributed by atoms with Crippen molar-refractivity contribution in [2.75, 3.05) is 18.4 Å². The van der Waals surface area contributed by atoms with Crippen LogP contribution in [-0.2, 0) is 4.74 Å². The first-order chi connectivity index (χ1) is 15.2. The fraction of sp³-hybridized carbons (Fsp3) is 0.308. The Morgan fingerprint density at radius 3 is 2.74 bits per heavy atom. The molecule has 3 aliphatic heterocycles. The maximum Gasteiger partial charge on any atom is 0.412 e. The maximum absolute atomic E-state index is 12.9. The third-order valence-electron chi connectivity index (χ3n) is 6.75. The summed E-state index contributed by atoms with van der Waals surface area (Å²) >= 11 is 0. The molecule has 158 valence electrons. The van der Waals surface area contributed by atoms with Gasteiger partial charge in [0.25, 0.3) is 0 Å². The number of rotatable bonds is 5. The van der Waals surface area contributed by atoms with Crippen molar-refractivity contribution < 1.29 is 9.53 Å². The number of para-hydroxylation sites is 2. The molecular formula is C26H27N3O2. The Labute approximate surface area is 182 Å². The summed E-state index contributed by atoms with van der Waals surface area (Å²) in [7, 11) is 0. The number of nitrogens with zero attached hydrogens (tertiary/aromatic N) is 2. The molecule has 3 aliphatic rings. The summed E-state index contributed by atoms with van der Waals surface area (Å²) in [6.07, 6.45) is 5.27. The third kappa shape index (κ3) is 3.93. The van der Waals surface area contributed by atoms with Crippen LogP contribution < -0.4 is 5.32 Å². The van der Waals surface area contributed by atoms with Crippen molar-refractivity contribution in [1.82, 2.24) is 9.88 Å². The van der Waals surface area contributed by atoms with Crippen molar-refractivity contribution >= 4 is 22.7 Å². The normalized spacial score (nSPS) is 25.7. The van der Waals surface area contributed by atoms with Crippen LogP contribution in [0.25, 0.3) is 10.9 Å². The zero-order valence-corrected chi connectivity index (χ0v) is 17.5. The lowest BCUT2D eigenvalue weighted by molar-refractivity contribution is -0.0473. The van der Waals surface area contributed by atoms with Gasteiger partial charge in [0.1, 0.15) is 6.10 Å². The highest BCUT2D eigenvalue weighted by molar-refractivity contribution is 5.86. The number of fused-ring (bicyclic) bond motifs is 4. The van der Waals surface area contributed by atoms with Crippen LogP contribution in [0.3, 0.4) is 0 Å². The SMILES string of the molecule is C=C[C@H]1CN2CC[C@H]1C[C@@H]2[C@H](OC(=O)Nc1ccccc1)c1ccnc2ccccc12. The summed E-state index contributed by atoms with van der Waals surface area (Å²) in [4.78, 5) is 19.9. The predicted octanol–water partition coefficient (Wildman–Crippen LogP) is 5.42. The van der Waals surface area contributed by atoms with Crippen molar-refractivity contribution in [2.45, 2.75) is 25.0 Å². The number of piperidine rings is 3. The van der Waals surface area contributed by atoms with Gasteiger partial charge in [-0.05, 0) is 55.5 Å². The van der Waals surface area contributed by atoms with Gasteiger partial charge >= 0.3 is 6.09 Å². The van der Waals surface area contributed by atoms with Gasteiger partial charge in [-0.2, -0.15) is 0 Å². The fourth-order valence-electron chi connectivity index (χ4n) is 5.19. The summed E-state index contributed by atoms with van der Waals surface area (Å²) in [6, 6.07) is 19.6. The van der Waals surface area contributed by atoms with E-state index in [1.165, 1.54) is 6.42 Å². The van der Waals surface area contributed by atoms with Crippen LogP contribution >= 0.6 is 0 Å². The number of anilines is 1. The summed E-state index contributed by atoms with van der Waals surface area (Å²) in [5.74, 6) is 1.10. The predicted molar refractivity (Wildman–Crippen MR) is 123 cm³/mol. The largest absolute Gasteiger partial charge is 0.439 e. The highest BCUT2D eigenvalue weighted by atomic mass is 16.6. The topological polar surface area (TPSA) is 54.5 Å². The minimum absolute atomic E-state index is 0.141. The molecule has 5 heteroatoms. The van der Waals surface area contributed by atoms with Gasteiger partial charge in [-0.15, -0.1) is 6.58 Å². The number of hydrogen-bond donors (Lipinski definition) is 1. The average Bonchev–Trinajstić information content (AvgIpc) is 2.83. The molecule has 3 aromatic rings. The average molecular weight is 414 g/mol. The molecule has 5 atom stereocenters. The molecule has 2 aromatic carbocycles. The van der Waals surface area contributed by atoms with Crippen molar-refractivity contribution in [3.63, 3.8) is 0 Å². The summed E-state index contributed by atoms with van der Waals surface area (Å²) in [6.45, 7) is 6.04. The van der Waals surface area contributed by atoms with Crippen LogP contribution in [0.15, 0.2) is 79.5 Å². The fourth-order valence-corrected chi connectivity index (χ4v) is 5.19. The van der Waals surface area contributed by atoms with Crippen molar-refractivity contribution in [3.05, 3.63) is 85.1 Å². The lowest BCUT2D eigenvalue weighted by Gasteiger charge is -2.51. The van der Waals surface area contributed by atoms with E-state index in [4.69, 9.17) is 4.74 Å². The Bertz CT molecular complexity index is 1080. The molecule has 6 rings (SSSR count). The number of pyridine rings is 1. The second-order valence-electron chi connectivity index (χ2n) is 8.48. The Hall–Kier alpha value is -3.18. The third-order valence-corrected chi connectivity index (χ3v) is 6.75. The highest BCUT2D eigenvalue weighted by Gasteiger charge is 2.44. The lowest BCUT2D eigenvalue weighted by atomic mass is 9.73.